The van der Waals surface area contributed by atoms with Crippen LogP contribution in [0.25, 0.3) is 0 Å². The molecule has 0 spiro atoms. The molecule has 2 atom stereocenters. The lowest BCUT2D eigenvalue weighted by atomic mass is 10.2. The monoisotopic (exact) mass is 349 g/mol. The first-order valence-electron chi connectivity index (χ1n) is 6.78. The van der Waals surface area contributed by atoms with E-state index in [-0.39, 0.29) is 23.5 Å². The van der Waals surface area contributed by atoms with Gasteiger partial charge in [-0.15, -0.1) is 11.8 Å². The molecular weight excluding hydrogens is 332 g/mol. The predicted octanol–water partition coefficient (Wildman–Crippen LogP) is 2.09. The summed E-state index contributed by atoms with van der Waals surface area (Å²) in [6.45, 7) is 1.66. The largest absolute Gasteiger partial charge is 0.341 e. The smallest absolute Gasteiger partial charge is 0.235 e. The minimum absolute atomic E-state index is 0.0161. The van der Waals surface area contributed by atoms with Crippen molar-refractivity contribution in [3.63, 3.8) is 0 Å². The topological polar surface area (TPSA) is 54.5 Å². The van der Waals surface area contributed by atoms with Gasteiger partial charge in [-0.1, -0.05) is 0 Å². The molecule has 2 rings (SSSR count). The second-order valence-electron chi connectivity index (χ2n) is 5.34. The third-order valence-electron chi connectivity index (χ3n) is 3.66. The minimum atomic E-state index is -3.06. The zero-order chi connectivity index (χ0) is 16.5. The molecule has 1 aromatic rings. The SMILES string of the molecule is C[C@@H](Sc1ccc(F)c(F)c1)C(=O)N(C)[C@@H]1CCS(=O)(=O)C1. The summed E-state index contributed by atoms with van der Waals surface area (Å²) >= 11 is 1.11. The Bertz CT molecular complexity index is 679. The van der Waals surface area contributed by atoms with Gasteiger partial charge in [-0.2, -0.15) is 0 Å². The van der Waals surface area contributed by atoms with E-state index < -0.39 is 26.7 Å². The van der Waals surface area contributed by atoms with Gasteiger partial charge in [0.2, 0.25) is 5.91 Å². The molecule has 0 radical (unpaired) electrons. The highest BCUT2D eigenvalue weighted by molar-refractivity contribution is 8.00. The number of rotatable bonds is 4. The van der Waals surface area contributed by atoms with E-state index in [1.165, 1.54) is 11.0 Å². The highest BCUT2D eigenvalue weighted by Crippen LogP contribution is 2.27. The van der Waals surface area contributed by atoms with E-state index in [4.69, 9.17) is 0 Å². The van der Waals surface area contributed by atoms with Gasteiger partial charge in [-0.25, -0.2) is 17.2 Å². The van der Waals surface area contributed by atoms with E-state index in [1.54, 1.807) is 14.0 Å². The number of sulfone groups is 1. The normalized spacial score (nSPS) is 21.5. The Hall–Kier alpha value is -1.15. The molecular formula is C14H17F2NO3S2. The fourth-order valence-electron chi connectivity index (χ4n) is 2.35. The molecule has 1 saturated heterocycles. The third-order valence-corrected chi connectivity index (χ3v) is 6.49. The fraction of sp³-hybridized carbons (Fsp3) is 0.500. The molecule has 0 N–H and O–H groups in total. The Morgan fingerprint density at radius 1 is 1.36 bits per heavy atom. The van der Waals surface area contributed by atoms with Crippen LogP contribution in [-0.4, -0.2) is 49.1 Å². The Labute approximate surface area is 132 Å². The predicted molar refractivity (Wildman–Crippen MR) is 81.5 cm³/mol. The van der Waals surface area contributed by atoms with Gasteiger partial charge in [-0.3, -0.25) is 4.79 Å². The van der Waals surface area contributed by atoms with E-state index in [1.807, 2.05) is 0 Å². The van der Waals surface area contributed by atoms with Crippen molar-refractivity contribution in [3.8, 4) is 0 Å². The van der Waals surface area contributed by atoms with Gasteiger partial charge in [0.25, 0.3) is 0 Å². The Morgan fingerprint density at radius 3 is 2.59 bits per heavy atom. The van der Waals surface area contributed by atoms with Crippen molar-refractivity contribution in [1.29, 1.82) is 0 Å². The number of amides is 1. The van der Waals surface area contributed by atoms with Gasteiger partial charge >= 0.3 is 0 Å². The molecule has 1 aromatic carbocycles. The number of thioether (sulfide) groups is 1. The Kier molecular flexibility index (Phi) is 5.11. The summed E-state index contributed by atoms with van der Waals surface area (Å²) in [4.78, 5) is 14.2. The standard InChI is InChI=1S/C14H17F2NO3S2/c1-9(21-11-3-4-12(15)13(16)7-11)14(18)17(2)10-5-6-22(19,20)8-10/h3-4,7,9-10H,5-6,8H2,1-2H3/t9-,10-/m1/s1. The lowest BCUT2D eigenvalue weighted by Gasteiger charge is -2.26. The molecule has 0 saturated carbocycles. The number of hydrogen-bond acceptors (Lipinski definition) is 4. The molecule has 1 aliphatic rings. The van der Waals surface area contributed by atoms with Crippen LogP contribution in [0.5, 0.6) is 0 Å². The van der Waals surface area contributed by atoms with Crippen molar-refractivity contribution in [2.45, 2.75) is 29.5 Å². The number of benzene rings is 1. The van der Waals surface area contributed by atoms with Gasteiger partial charge in [0, 0.05) is 18.0 Å². The second-order valence-corrected chi connectivity index (χ2v) is 8.98. The Balaban J connectivity index is 2.01. The number of nitrogens with zero attached hydrogens (tertiary/aromatic N) is 1. The highest BCUT2D eigenvalue weighted by atomic mass is 32.2. The summed E-state index contributed by atoms with van der Waals surface area (Å²) in [5.41, 5.74) is 0. The van der Waals surface area contributed by atoms with Gasteiger partial charge in [0.1, 0.15) is 0 Å². The average Bonchev–Trinajstić information content (AvgIpc) is 2.81. The van der Waals surface area contributed by atoms with Crippen molar-refractivity contribution in [1.82, 2.24) is 4.90 Å². The molecule has 1 heterocycles. The van der Waals surface area contributed by atoms with Crippen LogP contribution in [0.3, 0.4) is 0 Å². The first-order valence-corrected chi connectivity index (χ1v) is 9.48. The zero-order valence-corrected chi connectivity index (χ0v) is 13.9. The number of carbonyl (C=O) groups is 1. The van der Waals surface area contributed by atoms with E-state index in [0.29, 0.717) is 11.3 Å². The highest BCUT2D eigenvalue weighted by Gasteiger charge is 2.34. The van der Waals surface area contributed by atoms with Gasteiger partial charge in [0.15, 0.2) is 21.5 Å². The summed E-state index contributed by atoms with van der Waals surface area (Å²) in [5.74, 6) is -2.04. The van der Waals surface area contributed by atoms with E-state index in [0.717, 1.165) is 23.9 Å². The Morgan fingerprint density at radius 2 is 2.05 bits per heavy atom. The molecule has 8 heteroatoms. The molecule has 1 aliphatic heterocycles. The number of carbonyl (C=O) groups excluding carboxylic acids is 1. The van der Waals surface area contributed by atoms with Crippen molar-refractivity contribution in [2.24, 2.45) is 0 Å². The molecule has 0 aromatic heterocycles. The second kappa shape index (κ2) is 6.54. The lowest BCUT2D eigenvalue weighted by Crippen LogP contribution is -2.41. The van der Waals surface area contributed by atoms with E-state index >= 15 is 0 Å². The van der Waals surface area contributed by atoms with Crippen LogP contribution < -0.4 is 0 Å². The van der Waals surface area contributed by atoms with Crippen LogP contribution in [0.15, 0.2) is 23.1 Å². The van der Waals surface area contributed by atoms with Gasteiger partial charge in [0.05, 0.1) is 16.8 Å². The molecule has 0 aliphatic carbocycles. The van der Waals surface area contributed by atoms with Crippen LogP contribution in [0.2, 0.25) is 0 Å². The molecule has 0 unspecified atom stereocenters. The van der Waals surface area contributed by atoms with Crippen LogP contribution in [0.4, 0.5) is 8.78 Å². The fourth-order valence-corrected chi connectivity index (χ4v) is 5.12. The molecule has 122 valence electrons. The van der Waals surface area contributed by atoms with Gasteiger partial charge in [-0.05, 0) is 31.5 Å². The maximum Gasteiger partial charge on any atom is 0.235 e. The number of halogens is 2. The van der Waals surface area contributed by atoms with Crippen molar-refractivity contribution >= 4 is 27.5 Å². The summed E-state index contributed by atoms with van der Waals surface area (Å²) in [6.07, 6.45) is 0.438. The maximum atomic E-state index is 13.2. The summed E-state index contributed by atoms with van der Waals surface area (Å²) in [6, 6.07) is 3.16. The summed E-state index contributed by atoms with van der Waals surface area (Å²) in [5, 5.41) is -0.516. The van der Waals surface area contributed by atoms with Gasteiger partial charge < -0.3 is 4.90 Å². The summed E-state index contributed by atoms with van der Waals surface area (Å²) in [7, 11) is -1.48. The van der Waals surface area contributed by atoms with E-state index in [2.05, 4.69) is 0 Å². The molecule has 4 nitrogen and oxygen atoms in total. The molecule has 0 bridgehead atoms. The first-order chi connectivity index (χ1) is 10.2. The van der Waals surface area contributed by atoms with E-state index in [9.17, 15) is 22.0 Å². The maximum absolute atomic E-state index is 13.2. The quantitative estimate of drug-likeness (QED) is 0.781. The van der Waals surface area contributed by atoms with Crippen LogP contribution in [0.1, 0.15) is 13.3 Å². The third kappa shape index (κ3) is 3.98. The minimum Gasteiger partial charge on any atom is -0.341 e. The van der Waals surface area contributed by atoms with Crippen molar-refractivity contribution < 1.29 is 22.0 Å². The van der Waals surface area contributed by atoms with Crippen molar-refractivity contribution in [2.75, 3.05) is 18.6 Å². The average molecular weight is 349 g/mol. The molecule has 22 heavy (non-hydrogen) atoms. The molecule has 1 fully saturated rings. The van der Waals surface area contributed by atoms with Crippen LogP contribution in [0, 0.1) is 11.6 Å². The number of hydrogen-bond donors (Lipinski definition) is 0. The summed E-state index contributed by atoms with van der Waals surface area (Å²) < 4.78 is 49.0. The van der Waals surface area contributed by atoms with Crippen LogP contribution in [-0.2, 0) is 14.6 Å². The van der Waals surface area contributed by atoms with Crippen LogP contribution >= 0.6 is 11.8 Å². The first kappa shape index (κ1) is 17.2. The molecule has 1 amide bonds. The van der Waals surface area contributed by atoms with Crippen molar-refractivity contribution in [3.05, 3.63) is 29.8 Å². The lowest BCUT2D eigenvalue weighted by molar-refractivity contribution is -0.130. The zero-order valence-electron chi connectivity index (χ0n) is 12.3.